The number of nitrogens with zero attached hydrogens (tertiary/aromatic N) is 4. The van der Waals surface area contributed by atoms with E-state index in [9.17, 15) is 13.2 Å². The summed E-state index contributed by atoms with van der Waals surface area (Å²) in [4.78, 5) is 26.2. The van der Waals surface area contributed by atoms with Crippen LogP contribution in [0.1, 0.15) is 31.4 Å². The van der Waals surface area contributed by atoms with Gasteiger partial charge in [-0.15, -0.1) is 0 Å². The van der Waals surface area contributed by atoms with Gasteiger partial charge < -0.3 is 19.9 Å². The number of sulfone groups is 1. The number of carbonyl (C=O) groups excluding carboxylic acids is 1. The Morgan fingerprint density at radius 3 is 2.60 bits per heavy atom. The van der Waals surface area contributed by atoms with Crippen LogP contribution in [0.25, 0.3) is 0 Å². The van der Waals surface area contributed by atoms with Crippen LogP contribution in [0.3, 0.4) is 0 Å². The standard InChI is InChI=1S/C20H31N5O4S/c26-19(13-16-4-12-30(27,28)15-16)21-5-3-17-14-18(24-8-10-29-11-9-24)23-20(22-17)25-6-1-2-7-25/h14,16H,1-13,15H2,(H,21,26)/t16-/m1/s1. The number of rotatable bonds is 7. The second-order valence-corrected chi connectivity index (χ2v) is 10.6. The Morgan fingerprint density at radius 1 is 1.13 bits per heavy atom. The summed E-state index contributed by atoms with van der Waals surface area (Å²) in [5.74, 6) is 1.90. The maximum Gasteiger partial charge on any atom is 0.227 e. The topological polar surface area (TPSA) is 105 Å². The summed E-state index contributed by atoms with van der Waals surface area (Å²) in [5.41, 5.74) is 0.914. The maximum absolute atomic E-state index is 12.2. The first-order valence-corrected chi connectivity index (χ1v) is 12.7. The van der Waals surface area contributed by atoms with Crippen LogP contribution >= 0.6 is 0 Å². The molecule has 0 spiro atoms. The number of morpholine rings is 1. The Morgan fingerprint density at radius 2 is 1.90 bits per heavy atom. The van der Waals surface area contributed by atoms with Crippen molar-refractivity contribution >= 4 is 27.5 Å². The molecule has 166 valence electrons. The van der Waals surface area contributed by atoms with Crippen LogP contribution in [0, 0.1) is 5.92 Å². The van der Waals surface area contributed by atoms with E-state index >= 15 is 0 Å². The van der Waals surface area contributed by atoms with Crippen molar-refractivity contribution in [3.05, 3.63) is 11.8 Å². The fourth-order valence-electron chi connectivity index (χ4n) is 4.31. The van der Waals surface area contributed by atoms with Crippen molar-refractivity contribution in [2.45, 2.75) is 32.1 Å². The van der Waals surface area contributed by atoms with E-state index in [1.54, 1.807) is 0 Å². The third-order valence-corrected chi connectivity index (χ3v) is 7.82. The Kier molecular flexibility index (Phi) is 6.72. The van der Waals surface area contributed by atoms with Crippen LogP contribution in [0.2, 0.25) is 0 Å². The third kappa shape index (κ3) is 5.60. The van der Waals surface area contributed by atoms with Gasteiger partial charge >= 0.3 is 0 Å². The van der Waals surface area contributed by atoms with E-state index in [0.29, 0.717) is 32.6 Å². The molecule has 0 bridgehead atoms. The lowest BCUT2D eigenvalue weighted by atomic mass is 10.1. The molecule has 30 heavy (non-hydrogen) atoms. The second kappa shape index (κ2) is 9.47. The minimum atomic E-state index is -2.95. The SMILES string of the molecule is O=C(C[C@H]1CCS(=O)(=O)C1)NCCc1cc(N2CCOCC2)nc(N2CCCC2)n1. The van der Waals surface area contributed by atoms with Gasteiger partial charge in [0, 0.05) is 57.3 Å². The molecule has 0 aromatic carbocycles. The van der Waals surface area contributed by atoms with Crippen molar-refractivity contribution in [2.75, 3.05) is 67.2 Å². The molecular formula is C20H31N5O4S. The molecule has 3 saturated heterocycles. The van der Waals surface area contributed by atoms with Gasteiger partial charge in [0.15, 0.2) is 9.84 Å². The average Bonchev–Trinajstić information content (AvgIpc) is 3.38. The van der Waals surface area contributed by atoms with Gasteiger partial charge in [-0.3, -0.25) is 4.79 Å². The molecule has 0 saturated carbocycles. The number of ether oxygens (including phenoxy) is 1. The highest BCUT2D eigenvalue weighted by Crippen LogP contribution is 2.23. The number of amides is 1. The predicted octanol–water partition coefficient (Wildman–Crippen LogP) is 0.397. The van der Waals surface area contributed by atoms with Crippen LogP contribution in [0.15, 0.2) is 6.07 Å². The summed E-state index contributed by atoms with van der Waals surface area (Å²) < 4.78 is 28.6. The minimum Gasteiger partial charge on any atom is -0.378 e. The Hall–Kier alpha value is -1.94. The lowest BCUT2D eigenvalue weighted by Gasteiger charge is -2.29. The lowest BCUT2D eigenvalue weighted by molar-refractivity contribution is -0.121. The molecule has 1 amide bonds. The van der Waals surface area contributed by atoms with E-state index in [2.05, 4.69) is 15.1 Å². The predicted molar refractivity (Wildman–Crippen MR) is 115 cm³/mol. The second-order valence-electron chi connectivity index (χ2n) is 8.38. The monoisotopic (exact) mass is 437 g/mol. The minimum absolute atomic E-state index is 0.0521. The van der Waals surface area contributed by atoms with E-state index in [1.165, 1.54) is 0 Å². The molecular weight excluding hydrogens is 406 g/mol. The van der Waals surface area contributed by atoms with Crippen molar-refractivity contribution < 1.29 is 17.9 Å². The zero-order valence-corrected chi connectivity index (χ0v) is 18.2. The summed E-state index contributed by atoms with van der Waals surface area (Å²) in [6.45, 7) is 5.47. The lowest BCUT2D eigenvalue weighted by Crippen LogP contribution is -2.37. The van der Waals surface area contributed by atoms with Crippen LogP contribution < -0.4 is 15.1 Å². The van der Waals surface area contributed by atoms with Crippen LogP contribution in [-0.4, -0.2) is 81.7 Å². The largest absolute Gasteiger partial charge is 0.378 e. The normalized spacial score (nSPS) is 23.7. The van der Waals surface area contributed by atoms with E-state index in [-0.39, 0.29) is 29.8 Å². The molecule has 3 aliphatic heterocycles. The van der Waals surface area contributed by atoms with E-state index in [0.717, 1.165) is 56.5 Å². The van der Waals surface area contributed by atoms with E-state index in [1.807, 2.05) is 6.07 Å². The molecule has 3 aliphatic rings. The molecule has 0 unspecified atom stereocenters. The van der Waals surface area contributed by atoms with Crippen molar-refractivity contribution in [2.24, 2.45) is 5.92 Å². The van der Waals surface area contributed by atoms with Crippen LogP contribution in [-0.2, 0) is 25.8 Å². The first kappa shape index (κ1) is 21.3. The van der Waals surface area contributed by atoms with Crippen molar-refractivity contribution in [3.63, 3.8) is 0 Å². The highest BCUT2D eigenvalue weighted by atomic mass is 32.2. The zero-order chi connectivity index (χ0) is 21.0. The Labute approximate surface area is 178 Å². The first-order chi connectivity index (χ1) is 14.5. The molecule has 1 aromatic heterocycles. The summed E-state index contributed by atoms with van der Waals surface area (Å²) in [7, 11) is -2.95. The first-order valence-electron chi connectivity index (χ1n) is 10.9. The molecule has 10 heteroatoms. The van der Waals surface area contributed by atoms with Crippen molar-refractivity contribution in [1.82, 2.24) is 15.3 Å². The number of anilines is 2. The molecule has 0 aliphatic carbocycles. The van der Waals surface area contributed by atoms with Crippen LogP contribution in [0.4, 0.5) is 11.8 Å². The summed E-state index contributed by atoms with van der Waals surface area (Å²) in [6, 6.07) is 2.01. The van der Waals surface area contributed by atoms with Gasteiger partial charge in [0.05, 0.1) is 24.7 Å². The van der Waals surface area contributed by atoms with Gasteiger partial charge in [0.1, 0.15) is 5.82 Å². The highest BCUT2D eigenvalue weighted by Gasteiger charge is 2.29. The summed E-state index contributed by atoms with van der Waals surface area (Å²) >= 11 is 0. The number of hydrogen-bond donors (Lipinski definition) is 1. The van der Waals surface area contributed by atoms with Crippen LogP contribution in [0.5, 0.6) is 0 Å². The van der Waals surface area contributed by atoms with Gasteiger partial charge in [0.2, 0.25) is 11.9 Å². The fraction of sp³-hybridized carbons (Fsp3) is 0.750. The van der Waals surface area contributed by atoms with Gasteiger partial charge in [-0.2, -0.15) is 4.98 Å². The number of hydrogen-bond acceptors (Lipinski definition) is 8. The Balaban J connectivity index is 1.36. The maximum atomic E-state index is 12.2. The van der Waals surface area contributed by atoms with Crippen molar-refractivity contribution in [3.8, 4) is 0 Å². The molecule has 1 aromatic rings. The quantitative estimate of drug-likeness (QED) is 0.654. The smallest absolute Gasteiger partial charge is 0.227 e. The third-order valence-electron chi connectivity index (χ3n) is 5.98. The van der Waals surface area contributed by atoms with Gasteiger partial charge in [-0.05, 0) is 25.2 Å². The van der Waals surface area contributed by atoms with Crippen molar-refractivity contribution in [1.29, 1.82) is 0 Å². The van der Waals surface area contributed by atoms with Gasteiger partial charge in [-0.25, -0.2) is 13.4 Å². The molecule has 0 radical (unpaired) electrons. The number of nitrogens with one attached hydrogen (secondary N) is 1. The summed E-state index contributed by atoms with van der Waals surface area (Å²) in [6.07, 6.45) is 3.81. The highest BCUT2D eigenvalue weighted by molar-refractivity contribution is 7.91. The zero-order valence-electron chi connectivity index (χ0n) is 17.4. The van der Waals surface area contributed by atoms with E-state index in [4.69, 9.17) is 14.7 Å². The molecule has 1 atom stereocenters. The van der Waals surface area contributed by atoms with Gasteiger partial charge in [0.25, 0.3) is 0 Å². The molecule has 4 heterocycles. The molecule has 9 nitrogen and oxygen atoms in total. The fourth-order valence-corrected chi connectivity index (χ4v) is 6.17. The Bertz CT molecular complexity index is 851. The van der Waals surface area contributed by atoms with E-state index < -0.39 is 9.84 Å². The molecule has 4 rings (SSSR count). The average molecular weight is 438 g/mol. The number of carbonyl (C=O) groups is 1. The number of aromatic nitrogens is 2. The molecule has 1 N–H and O–H groups in total. The summed E-state index contributed by atoms with van der Waals surface area (Å²) in [5, 5.41) is 2.93. The van der Waals surface area contributed by atoms with Gasteiger partial charge in [-0.1, -0.05) is 0 Å². The molecule has 3 fully saturated rings.